The summed E-state index contributed by atoms with van der Waals surface area (Å²) < 4.78 is 1.53. The Hall–Kier alpha value is -5.56. The van der Waals surface area contributed by atoms with Gasteiger partial charge in [0, 0.05) is 0 Å². The van der Waals surface area contributed by atoms with Gasteiger partial charge in [0.25, 0.3) is 0 Å². The Labute approximate surface area is 433 Å². The molecule has 9 aromatic rings. The standard InChI is InChI=1S/C33H33.C27H22.C5H5.2ClH.Zr/c1-32(2,3)30-20-26-24(18-28(30)22-13-9-7-10-14-22)17-25-19-29(23-15-11-8-12-16-23)31(21-27(25)26)33(4,5)6;1-5-13-22(14-6-1)26(23-15-7-2-8-16-23)21-27(24-17-9-3-10-18-24)25-19-11-4-12-20-25;1-2-4-5-3-1;;;/h7-21H,1-6H3;1-20,26-27H;1-3H,4H2;2*1H;/q-1;;-1;;;+2/p-2. The molecule has 1 aliphatic carbocycles. The van der Waals surface area contributed by atoms with E-state index in [4.69, 9.17) is 0 Å². The maximum absolute atomic E-state index is 2.99. The van der Waals surface area contributed by atoms with Crippen LogP contribution in [0, 0.1) is 6.08 Å². The normalized spacial score (nSPS) is 11.9. The molecule has 10 rings (SSSR count). The second kappa shape index (κ2) is 23.6. The summed E-state index contributed by atoms with van der Waals surface area (Å²) in [7, 11) is 0. The number of hydrogen-bond acceptors (Lipinski definition) is 0. The summed E-state index contributed by atoms with van der Waals surface area (Å²) in [5.41, 5.74) is 13.6. The van der Waals surface area contributed by atoms with Gasteiger partial charge in [0.1, 0.15) is 0 Å². The third-order valence-corrected chi connectivity index (χ3v) is 13.9. The van der Waals surface area contributed by atoms with Crippen LogP contribution in [-0.4, -0.2) is 3.21 Å². The van der Waals surface area contributed by atoms with Crippen LogP contribution in [0.15, 0.2) is 231 Å². The second-order valence-corrected chi connectivity index (χ2v) is 20.7. The fraction of sp³-hybridized carbons (Fsp3) is 0.169. The first-order valence-corrected chi connectivity index (χ1v) is 24.5. The van der Waals surface area contributed by atoms with Crippen molar-refractivity contribution in [3.63, 3.8) is 0 Å². The van der Waals surface area contributed by atoms with Crippen LogP contribution in [0.25, 0.3) is 43.8 Å². The number of benzene rings is 8. The van der Waals surface area contributed by atoms with Crippen molar-refractivity contribution in [2.45, 2.75) is 70.6 Å². The predicted molar refractivity (Wildman–Crippen MR) is 281 cm³/mol. The van der Waals surface area contributed by atoms with Crippen molar-refractivity contribution in [3.05, 3.63) is 270 Å². The minimum absolute atomic E-state index is 0. The zero-order valence-corrected chi connectivity index (χ0v) is 44.0. The monoisotopic (exact) mass is 1000 g/mol. The Balaban J connectivity index is 0.000000199. The molecular weight excluding hydrogens is 943 g/mol. The average molecular weight is 1000 g/mol. The van der Waals surface area contributed by atoms with Crippen LogP contribution in [0.3, 0.4) is 0 Å². The van der Waals surface area contributed by atoms with Crippen molar-refractivity contribution in [1.82, 2.24) is 0 Å². The molecule has 0 heterocycles. The molecular formula is C65H60Cl2Zr-2. The van der Waals surface area contributed by atoms with Gasteiger partial charge in [0.15, 0.2) is 0 Å². The van der Waals surface area contributed by atoms with E-state index in [2.05, 4.69) is 266 Å². The van der Waals surface area contributed by atoms with Crippen LogP contribution in [0.4, 0.5) is 0 Å². The summed E-state index contributed by atoms with van der Waals surface area (Å²) in [6.45, 7) is 13.9. The Morgan fingerprint density at radius 3 is 1.01 bits per heavy atom. The van der Waals surface area contributed by atoms with Gasteiger partial charge in [-0.1, -0.05) is 114 Å². The Bertz CT molecular complexity index is 2760. The van der Waals surface area contributed by atoms with Gasteiger partial charge in [-0.15, -0.1) is 46.2 Å². The van der Waals surface area contributed by atoms with Gasteiger partial charge in [-0.05, 0) is 44.2 Å². The summed E-state index contributed by atoms with van der Waals surface area (Å²) in [5.74, 6) is 0.567. The second-order valence-electron chi connectivity index (χ2n) is 19.3. The first-order chi connectivity index (χ1) is 32.0. The number of hydrogen-bond donors (Lipinski definition) is 0. The van der Waals surface area contributed by atoms with Gasteiger partial charge < -0.3 is 24.8 Å². The van der Waals surface area contributed by atoms with Gasteiger partial charge in [-0.2, -0.15) is 6.08 Å². The van der Waals surface area contributed by atoms with Gasteiger partial charge in [0.05, 0.1) is 0 Å². The Morgan fingerprint density at radius 1 is 0.456 bits per heavy atom. The molecule has 0 aromatic heterocycles. The van der Waals surface area contributed by atoms with Crippen molar-refractivity contribution in [3.8, 4) is 22.3 Å². The van der Waals surface area contributed by atoms with E-state index in [-0.39, 0.29) is 47.5 Å². The van der Waals surface area contributed by atoms with Gasteiger partial charge in [-0.3, -0.25) is 6.08 Å². The van der Waals surface area contributed by atoms with Crippen LogP contribution in [0.2, 0.25) is 0 Å². The molecule has 0 aliphatic heterocycles. The number of allylic oxidation sites excluding steroid dienone is 4. The average Bonchev–Trinajstić information content (AvgIpc) is 4.05. The molecule has 1 aliphatic rings. The molecule has 0 unspecified atom stereocenters. The molecule has 0 amide bonds. The van der Waals surface area contributed by atoms with Crippen molar-refractivity contribution >= 4 is 24.8 Å². The summed E-state index contributed by atoms with van der Waals surface area (Å²) in [6, 6.07) is 77.4. The number of halogens is 2. The molecule has 68 heavy (non-hydrogen) atoms. The molecule has 0 fully saturated rings. The molecule has 0 saturated heterocycles. The van der Waals surface area contributed by atoms with E-state index in [0.29, 0.717) is 0 Å². The van der Waals surface area contributed by atoms with Crippen LogP contribution >= 0.6 is 0 Å². The van der Waals surface area contributed by atoms with E-state index < -0.39 is 0 Å². The molecule has 3 heteroatoms. The number of rotatable bonds is 8. The van der Waals surface area contributed by atoms with Crippen LogP contribution in [0.1, 0.15) is 93.2 Å². The van der Waals surface area contributed by atoms with E-state index in [9.17, 15) is 0 Å². The van der Waals surface area contributed by atoms with Gasteiger partial charge in [0.2, 0.25) is 0 Å². The summed E-state index contributed by atoms with van der Waals surface area (Å²) in [6.07, 6.45) is 10.0. The van der Waals surface area contributed by atoms with Crippen LogP contribution in [-0.2, 0) is 35.1 Å². The first-order valence-electron chi connectivity index (χ1n) is 23.3. The van der Waals surface area contributed by atoms with Gasteiger partial charge >= 0.3 is 183 Å². The summed E-state index contributed by atoms with van der Waals surface area (Å²) in [4.78, 5) is 0. The van der Waals surface area contributed by atoms with E-state index >= 15 is 0 Å². The Morgan fingerprint density at radius 2 is 0.765 bits per heavy atom. The zero-order valence-electron chi connectivity index (χ0n) is 40.1. The topological polar surface area (TPSA) is 0 Å². The fourth-order valence-corrected chi connectivity index (χ4v) is 10.9. The van der Waals surface area contributed by atoms with Crippen LogP contribution < -0.4 is 24.8 Å². The molecule has 0 nitrogen and oxygen atoms in total. The molecule has 9 aromatic carbocycles. The molecule has 0 bridgehead atoms. The van der Waals surface area contributed by atoms with Crippen molar-refractivity contribution in [2.24, 2.45) is 0 Å². The van der Waals surface area contributed by atoms with Gasteiger partial charge in [-0.25, -0.2) is 12.2 Å². The SMILES string of the molecule is CC(C)(C)c1cc2c(cc1-c1ccccc1)[cH-]c1cc(-c3ccccc3)c(C(C)(C)C)cc12.[C-]1=CC=CC1.[Cl-].[Cl-].[Zr+2]=[C](C(c1ccccc1)c1ccccc1)C(c1ccccc1)c1ccccc1. The van der Waals surface area contributed by atoms with E-state index in [1.807, 2.05) is 12.2 Å². The summed E-state index contributed by atoms with van der Waals surface area (Å²) >= 11 is 1.47. The zero-order chi connectivity index (χ0) is 46.1. The third kappa shape index (κ3) is 12.4. The molecule has 0 atom stereocenters. The minimum atomic E-state index is 0. The molecule has 0 N–H and O–H groups in total. The predicted octanol–water partition coefficient (Wildman–Crippen LogP) is 11.3. The van der Waals surface area contributed by atoms with E-state index in [1.165, 1.54) is 105 Å². The van der Waals surface area contributed by atoms with Crippen molar-refractivity contribution in [2.75, 3.05) is 0 Å². The first kappa shape index (κ1) is 51.8. The molecule has 0 radical (unpaired) electrons. The molecule has 0 spiro atoms. The van der Waals surface area contributed by atoms with Crippen molar-refractivity contribution < 1.29 is 49.0 Å². The van der Waals surface area contributed by atoms with E-state index in [0.717, 1.165) is 6.42 Å². The fourth-order valence-electron chi connectivity index (χ4n) is 9.25. The maximum atomic E-state index is 2.99. The number of fused-ring (bicyclic) bond motifs is 3. The third-order valence-electron chi connectivity index (χ3n) is 12.5. The van der Waals surface area contributed by atoms with Crippen LogP contribution in [0.5, 0.6) is 0 Å². The quantitative estimate of drug-likeness (QED) is 0.133. The molecule has 340 valence electrons. The van der Waals surface area contributed by atoms with Crippen molar-refractivity contribution in [1.29, 1.82) is 0 Å². The van der Waals surface area contributed by atoms with E-state index in [1.54, 1.807) is 0 Å². The Kier molecular flexibility index (Phi) is 18.0. The molecule has 0 saturated carbocycles. The summed E-state index contributed by atoms with van der Waals surface area (Å²) in [5, 5.41) is 5.36.